The molecule has 1 rings (SSSR count). The summed E-state index contributed by atoms with van der Waals surface area (Å²) in [4.78, 5) is 22.4. The van der Waals surface area contributed by atoms with Gasteiger partial charge >= 0.3 is 5.97 Å². The summed E-state index contributed by atoms with van der Waals surface area (Å²) in [6, 6.07) is 4.29. The number of carboxylic acid groups (broad SMARTS) is 1. The molecule has 1 atom stereocenters. The first-order valence-corrected chi connectivity index (χ1v) is 4.86. The third kappa shape index (κ3) is 1.95. The van der Waals surface area contributed by atoms with Gasteiger partial charge in [-0.2, -0.15) is 0 Å². The van der Waals surface area contributed by atoms with E-state index in [1.807, 2.05) is 0 Å². The maximum absolute atomic E-state index is 11.3. The molecule has 1 amide bonds. The number of benzene rings is 1. The van der Waals surface area contributed by atoms with Crippen LogP contribution in [0.4, 0.5) is 0 Å². The number of aliphatic carboxylic acids is 1. The highest BCUT2D eigenvalue weighted by Gasteiger charge is 2.49. The minimum Gasteiger partial charge on any atom is -0.496 e. The fourth-order valence-corrected chi connectivity index (χ4v) is 1.54. The van der Waals surface area contributed by atoms with E-state index in [0.717, 1.165) is 0 Å². The summed E-state index contributed by atoms with van der Waals surface area (Å²) in [5.74, 6) is -3.27. The van der Waals surface area contributed by atoms with E-state index in [2.05, 4.69) is 0 Å². The number of carbonyl (C=O) groups excluding carboxylic acids is 1. The highest BCUT2D eigenvalue weighted by atomic mass is 16.5. The van der Waals surface area contributed by atoms with Gasteiger partial charge in [0.2, 0.25) is 0 Å². The van der Waals surface area contributed by atoms with Crippen LogP contribution in [0.3, 0.4) is 0 Å². The van der Waals surface area contributed by atoms with Crippen molar-refractivity contribution in [2.24, 2.45) is 5.73 Å². The summed E-state index contributed by atoms with van der Waals surface area (Å²) in [6.45, 7) is 0. The molecule has 0 heterocycles. The standard InChI is InChI=1S/C11H13NO6/c1-17-6-4-3-5-7(18-2)8(6)11(16,9(12)13)10(14)15/h3-5,16H,1-2H3,(H2,12,13)(H,14,15). The number of ether oxygens (including phenoxy) is 2. The molecule has 0 radical (unpaired) electrons. The molecule has 18 heavy (non-hydrogen) atoms. The topological polar surface area (TPSA) is 119 Å². The van der Waals surface area contributed by atoms with Gasteiger partial charge in [0.25, 0.3) is 11.5 Å². The Morgan fingerprint density at radius 2 is 1.67 bits per heavy atom. The Labute approximate surface area is 103 Å². The van der Waals surface area contributed by atoms with E-state index in [4.69, 9.17) is 20.3 Å². The molecule has 1 unspecified atom stereocenters. The van der Waals surface area contributed by atoms with Crippen LogP contribution in [-0.4, -0.2) is 36.3 Å². The zero-order valence-corrected chi connectivity index (χ0v) is 9.84. The molecular weight excluding hydrogens is 242 g/mol. The van der Waals surface area contributed by atoms with Gasteiger partial charge in [0, 0.05) is 0 Å². The predicted molar refractivity (Wildman–Crippen MR) is 60.3 cm³/mol. The van der Waals surface area contributed by atoms with Gasteiger partial charge in [-0.05, 0) is 12.1 Å². The van der Waals surface area contributed by atoms with Gasteiger partial charge in [-0.3, -0.25) is 4.79 Å². The van der Waals surface area contributed by atoms with Gasteiger partial charge in [-0.15, -0.1) is 0 Å². The van der Waals surface area contributed by atoms with E-state index < -0.39 is 17.5 Å². The molecule has 0 aromatic heterocycles. The van der Waals surface area contributed by atoms with E-state index in [0.29, 0.717) is 0 Å². The van der Waals surface area contributed by atoms with Crippen molar-refractivity contribution in [1.82, 2.24) is 0 Å². The molecule has 4 N–H and O–H groups in total. The molecule has 0 aliphatic carbocycles. The lowest BCUT2D eigenvalue weighted by Crippen LogP contribution is -2.48. The minimum atomic E-state index is -2.92. The molecule has 1 aromatic carbocycles. The number of hydrogen-bond acceptors (Lipinski definition) is 5. The number of rotatable bonds is 5. The van der Waals surface area contributed by atoms with Crippen LogP contribution in [0.15, 0.2) is 18.2 Å². The van der Waals surface area contributed by atoms with Crippen molar-refractivity contribution < 1.29 is 29.3 Å². The summed E-state index contributed by atoms with van der Waals surface area (Å²) >= 11 is 0. The number of aliphatic hydroxyl groups is 1. The SMILES string of the molecule is COc1cccc(OC)c1C(O)(C(N)=O)C(=O)O. The number of amides is 1. The molecular formula is C11H13NO6. The lowest BCUT2D eigenvalue weighted by Gasteiger charge is -2.24. The van der Waals surface area contributed by atoms with Crippen molar-refractivity contribution in [1.29, 1.82) is 0 Å². The van der Waals surface area contributed by atoms with Crippen molar-refractivity contribution in [2.75, 3.05) is 14.2 Å². The Balaban J connectivity index is 3.64. The molecule has 7 nitrogen and oxygen atoms in total. The summed E-state index contributed by atoms with van der Waals surface area (Å²) in [6.07, 6.45) is 0. The molecule has 98 valence electrons. The van der Waals surface area contributed by atoms with Gasteiger partial charge in [0.15, 0.2) is 0 Å². The lowest BCUT2D eigenvalue weighted by molar-refractivity contribution is -0.166. The number of hydrogen-bond donors (Lipinski definition) is 3. The van der Waals surface area contributed by atoms with E-state index in [9.17, 15) is 14.7 Å². The maximum Gasteiger partial charge on any atom is 0.350 e. The second-order valence-corrected chi connectivity index (χ2v) is 3.42. The molecule has 0 saturated heterocycles. The van der Waals surface area contributed by atoms with Crippen LogP contribution in [0, 0.1) is 0 Å². The number of nitrogens with two attached hydrogens (primary N) is 1. The average molecular weight is 255 g/mol. The van der Waals surface area contributed by atoms with E-state index >= 15 is 0 Å². The van der Waals surface area contributed by atoms with Crippen LogP contribution in [0.5, 0.6) is 11.5 Å². The number of carbonyl (C=O) groups is 2. The zero-order valence-electron chi connectivity index (χ0n) is 9.84. The summed E-state index contributed by atoms with van der Waals surface area (Å²) in [5.41, 5.74) is 1.71. The molecule has 0 saturated carbocycles. The Morgan fingerprint density at radius 1 is 1.22 bits per heavy atom. The first-order valence-electron chi connectivity index (χ1n) is 4.86. The Kier molecular flexibility index (Phi) is 3.77. The first-order chi connectivity index (χ1) is 8.39. The Bertz CT molecular complexity index is 448. The van der Waals surface area contributed by atoms with Crippen molar-refractivity contribution in [2.45, 2.75) is 5.60 Å². The largest absolute Gasteiger partial charge is 0.496 e. The van der Waals surface area contributed by atoms with Crippen molar-refractivity contribution >= 4 is 11.9 Å². The normalized spacial score (nSPS) is 13.5. The van der Waals surface area contributed by atoms with E-state index in [-0.39, 0.29) is 17.1 Å². The van der Waals surface area contributed by atoms with Crippen molar-refractivity contribution in [3.63, 3.8) is 0 Å². The van der Waals surface area contributed by atoms with Gasteiger partial charge in [-0.1, -0.05) is 6.07 Å². The third-order valence-corrected chi connectivity index (χ3v) is 2.46. The van der Waals surface area contributed by atoms with Gasteiger partial charge in [-0.25, -0.2) is 4.79 Å². The molecule has 0 spiro atoms. The lowest BCUT2D eigenvalue weighted by atomic mass is 9.91. The molecule has 7 heteroatoms. The fourth-order valence-electron chi connectivity index (χ4n) is 1.54. The Hall–Kier alpha value is -2.28. The second-order valence-electron chi connectivity index (χ2n) is 3.42. The van der Waals surface area contributed by atoms with Crippen LogP contribution in [0.1, 0.15) is 5.56 Å². The van der Waals surface area contributed by atoms with Crippen molar-refractivity contribution in [3.05, 3.63) is 23.8 Å². The molecule has 0 fully saturated rings. The van der Waals surface area contributed by atoms with Gasteiger partial charge < -0.3 is 25.4 Å². The third-order valence-electron chi connectivity index (χ3n) is 2.46. The molecule has 0 aliphatic rings. The predicted octanol–water partition coefficient (Wildman–Crippen LogP) is -0.539. The van der Waals surface area contributed by atoms with Crippen molar-refractivity contribution in [3.8, 4) is 11.5 Å². The van der Waals surface area contributed by atoms with Crippen LogP contribution in [0.25, 0.3) is 0 Å². The van der Waals surface area contributed by atoms with Gasteiger partial charge in [0.05, 0.1) is 19.8 Å². The summed E-state index contributed by atoms with van der Waals surface area (Å²) in [5, 5.41) is 19.1. The molecule has 0 bridgehead atoms. The van der Waals surface area contributed by atoms with Crippen LogP contribution >= 0.6 is 0 Å². The minimum absolute atomic E-state index is 0.0157. The number of primary amides is 1. The Morgan fingerprint density at radius 3 is 1.94 bits per heavy atom. The number of methoxy groups -OCH3 is 2. The first kappa shape index (κ1) is 13.8. The smallest absolute Gasteiger partial charge is 0.350 e. The number of carboxylic acids is 1. The second kappa shape index (κ2) is 4.92. The van der Waals surface area contributed by atoms with Crippen LogP contribution in [-0.2, 0) is 15.2 Å². The molecule has 1 aromatic rings. The maximum atomic E-state index is 11.3. The summed E-state index contributed by atoms with van der Waals surface area (Å²) in [7, 11) is 2.53. The van der Waals surface area contributed by atoms with E-state index in [1.54, 1.807) is 0 Å². The monoisotopic (exact) mass is 255 g/mol. The van der Waals surface area contributed by atoms with Crippen LogP contribution in [0.2, 0.25) is 0 Å². The zero-order chi connectivity index (χ0) is 13.9. The highest BCUT2D eigenvalue weighted by Crippen LogP contribution is 2.37. The van der Waals surface area contributed by atoms with Crippen LogP contribution < -0.4 is 15.2 Å². The fraction of sp³-hybridized carbons (Fsp3) is 0.273. The quantitative estimate of drug-likeness (QED) is 0.608. The summed E-state index contributed by atoms with van der Waals surface area (Å²) < 4.78 is 9.85. The molecule has 0 aliphatic heterocycles. The van der Waals surface area contributed by atoms with E-state index in [1.165, 1.54) is 32.4 Å². The average Bonchev–Trinajstić information content (AvgIpc) is 2.36. The van der Waals surface area contributed by atoms with Gasteiger partial charge in [0.1, 0.15) is 11.5 Å². The highest BCUT2D eigenvalue weighted by molar-refractivity contribution is 6.06.